The molecule has 1 spiro atoms. The van der Waals surface area contributed by atoms with Crippen LogP contribution in [0.2, 0.25) is 0 Å². The van der Waals surface area contributed by atoms with Gasteiger partial charge < -0.3 is 0 Å². The SMILES string of the molecule is Cc1nc(-c2ccc3c(c2)C2(c4ccccc4-3)c3ccccc3-c3ccc(-c4nc(-c5cccc6ccccc56)nc(-c5cccc6ccccc56)n4)cc32)nc(-c2cccc3ccccc23)n1. The number of aromatic nitrogens is 6. The van der Waals surface area contributed by atoms with Crippen molar-refractivity contribution in [2.24, 2.45) is 0 Å². The van der Waals surface area contributed by atoms with Crippen molar-refractivity contribution >= 4 is 32.3 Å². The maximum atomic E-state index is 5.38. The monoisotopic (exact) mass is 866 g/mol. The zero-order valence-corrected chi connectivity index (χ0v) is 36.9. The minimum atomic E-state index is -0.658. The highest BCUT2D eigenvalue weighted by Gasteiger charge is 2.52. The first-order chi connectivity index (χ1) is 33.6. The fourth-order valence-electron chi connectivity index (χ4n) is 11.2. The van der Waals surface area contributed by atoms with E-state index < -0.39 is 5.41 Å². The molecule has 0 aliphatic heterocycles. The van der Waals surface area contributed by atoms with Crippen LogP contribution >= 0.6 is 0 Å². The summed E-state index contributed by atoms with van der Waals surface area (Å²) in [5.41, 5.74) is 13.7. The molecule has 2 aliphatic carbocycles. The first kappa shape index (κ1) is 38.3. The normalized spacial score (nSPS) is 14.3. The summed E-state index contributed by atoms with van der Waals surface area (Å²) >= 11 is 0. The van der Waals surface area contributed by atoms with Crippen molar-refractivity contribution in [3.8, 4) is 79.2 Å². The van der Waals surface area contributed by atoms with Gasteiger partial charge >= 0.3 is 0 Å². The van der Waals surface area contributed by atoms with Crippen LogP contribution in [-0.4, -0.2) is 29.9 Å². The van der Waals surface area contributed by atoms with Crippen LogP contribution in [0.3, 0.4) is 0 Å². The van der Waals surface area contributed by atoms with E-state index in [9.17, 15) is 0 Å². The second-order valence-corrected chi connectivity index (χ2v) is 17.8. The maximum Gasteiger partial charge on any atom is 0.164 e. The van der Waals surface area contributed by atoms with Crippen molar-refractivity contribution in [3.05, 3.63) is 240 Å². The van der Waals surface area contributed by atoms with E-state index in [2.05, 4.69) is 212 Å². The van der Waals surface area contributed by atoms with E-state index >= 15 is 0 Å². The lowest BCUT2D eigenvalue weighted by Gasteiger charge is -2.31. The number of nitrogens with zero attached hydrogens (tertiary/aromatic N) is 6. The summed E-state index contributed by atoms with van der Waals surface area (Å²) in [6.45, 7) is 1.95. The second-order valence-electron chi connectivity index (χ2n) is 17.8. The van der Waals surface area contributed by atoms with Gasteiger partial charge in [-0.2, -0.15) is 0 Å². The summed E-state index contributed by atoms with van der Waals surface area (Å²) in [7, 11) is 0. The lowest BCUT2D eigenvalue weighted by atomic mass is 9.70. The third kappa shape index (κ3) is 5.64. The first-order valence-corrected chi connectivity index (χ1v) is 23.0. The molecule has 0 saturated heterocycles. The van der Waals surface area contributed by atoms with Gasteiger partial charge in [-0.15, -0.1) is 0 Å². The van der Waals surface area contributed by atoms with Crippen LogP contribution in [0.1, 0.15) is 28.1 Å². The Labute approximate surface area is 392 Å². The van der Waals surface area contributed by atoms with Crippen LogP contribution in [0, 0.1) is 6.92 Å². The molecule has 6 nitrogen and oxygen atoms in total. The van der Waals surface area contributed by atoms with E-state index in [0.717, 1.165) is 60.1 Å². The molecule has 0 fully saturated rings. The molecule has 0 N–H and O–H groups in total. The van der Waals surface area contributed by atoms with Crippen molar-refractivity contribution in [3.63, 3.8) is 0 Å². The fourth-order valence-corrected chi connectivity index (χ4v) is 11.2. The standard InChI is InChI=1S/C62H38N6/c1-37-63-57(65-59(64-37)50-26-12-18-38-15-2-5-21-43(38)50)41-31-33-48-46-24-8-10-29-53(46)62(55(48)35-41)54-30-11-9-25-47(54)49-34-32-42(36-56(49)62)58-66-60(51-27-13-19-39-16-3-6-22-44(39)51)68-61(67-58)52-28-14-20-40-17-4-7-23-45(40)52/h2-36H,1H3. The highest BCUT2D eigenvalue weighted by molar-refractivity contribution is 6.00. The topological polar surface area (TPSA) is 77.3 Å². The molecule has 0 bridgehead atoms. The average molecular weight is 867 g/mol. The molecule has 316 valence electrons. The van der Waals surface area contributed by atoms with Crippen molar-refractivity contribution in [1.29, 1.82) is 0 Å². The van der Waals surface area contributed by atoms with Crippen LogP contribution in [-0.2, 0) is 5.41 Å². The first-order valence-electron chi connectivity index (χ1n) is 23.0. The molecule has 6 heteroatoms. The lowest BCUT2D eigenvalue weighted by molar-refractivity contribution is 0.794. The average Bonchev–Trinajstić information content (AvgIpc) is 3.86. The van der Waals surface area contributed by atoms with Gasteiger partial charge in [0.25, 0.3) is 0 Å². The number of benzene rings is 10. The Bertz CT molecular complexity index is 3960. The van der Waals surface area contributed by atoms with Crippen LogP contribution in [0.4, 0.5) is 0 Å². The Balaban J connectivity index is 0.998. The van der Waals surface area contributed by atoms with E-state index in [1.54, 1.807) is 0 Å². The van der Waals surface area contributed by atoms with Crippen LogP contribution in [0.15, 0.2) is 212 Å². The third-order valence-electron chi connectivity index (χ3n) is 14.1. The quantitative estimate of drug-likeness (QED) is 0.171. The molecule has 14 rings (SSSR count). The van der Waals surface area contributed by atoms with Gasteiger partial charge in [-0.3, -0.25) is 0 Å². The Morgan fingerprint density at radius 2 is 0.588 bits per heavy atom. The molecule has 1 unspecified atom stereocenters. The largest absolute Gasteiger partial charge is 0.213 e. The van der Waals surface area contributed by atoms with Gasteiger partial charge in [0, 0.05) is 27.8 Å². The number of fused-ring (bicyclic) bond motifs is 13. The predicted molar refractivity (Wildman–Crippen MR) is 274 cm³/mol. The van der Waals surface area contributed by atoms with Gasteiger partial charge in [0.2, 0.25) is 0 Å². The molecular formula is C62H38N6. The summed E-state index contributed by atoms with van der Waals surface area (Å²) in [6.07, 6.45) is 0. The molecule has 0 radical (unpaired) electrons. The highest BCUT2D eigenvalue weighted by Crippen LogP contribution is 2.63. The summed E-state index contributed by atoms with van der Waals surface area (Å²) in [4.78, 5) is 31.1. The predicted octanol–water partition coefficient (Wildman–Crippen LogP) is 14.5. The molecule has 12 aromatic rings. The molecule has 1 atom stereocenters. The molecule has 2 aliphatic rings. The van der Waals surface area contributed by atoms with Gasteiger partial charge in [0.05, 0.1) is 5.41 Å². The van der Waals surface area contributed by atoms with Gasteiger partial charge in [-0.1, -0.05) is 200 Å². The summed E-state index contributed by atoms with van der Waals surface area (Å²) in [6, 6.07) is 75.6. The number of aryl methyl sites for hydroxylation is 1. The summed E-state index contributed by atoms with van der Waals surface area (Å²) in [5, 5.41) is 6.69. The maximum absolute atomic E-state index is 5.38. The molecule has 0 amide bonds. The van der Waals surface area contributed by atoms with Crippen molar-refractivity contribution in [2.45, 2.75) is 12.3 Å². The smallest absolute Gasteiger partial charge is 0.164 e. The van der Waals surface area contributed by atoms with Crippen LogP contribution in [0.5, 0.6) is 0 Å². The molecule has 68 heavy (non-hydrogen) atoms. The minimum absolute atomic E-state index is 0.613. The highest BCUT2D eigenvalue weighted by atomic mass is 15.0. The van der Waals surface area contributed by atoms with Gasteiger partial charge in [-0.25, -0.2) is 29.9 Å². The molecule has 10 aromatic carbocycles. The number of rotatable bonds is 5. The number of hydrogen-bond donors (Lipinski definition) is 0. The van der Waals surface area contributed by atoms with E-state index in [1.807, 2.05) is 6.92 Å². The summed E-state index contributed by atoms with van der Waals surface area (Å²) in [5.74, 6) is 3.84. The lowest BCUT2D eigenvalue weighted by Crippen LogP contribution is -2.26. The van der Waals surface area contributed by atoms with Crippen molar-refractivity contribution in [2.75, 3.05) is 0 Å². The van der Waals surface area contributed by atoms with E-state index in [1.165, 1.54) is 44.5 Å². The molecular weight excluding hydrogens is 829 g/mol. The van der Waals surface area contributed by atoms with E-state index in [0.29, 0.717) is 34.9 Å². The molecule has 0 saturated carbocycles. The van der Waals surface area contributed by atoms with Gasteiger partial charge in [0.1, 0.15) is 5.82 Å². The van der Waals surface area contributed by atoms with Gasteiger partial charge in [-0.05, 0) is 95.9 Å². The number of hydrogen-bond acceptors (Lipinski definition) is 6. The Morgan fingerprint density at radius 3 is 1.06 bits per heavy atom. The summed E-state index contributed by atoms with van der Waals surface area (Å²) < 4.78 is 0. The van der Waals surface area contributed by atoms with Gasteiger partial charge in [0.15, 0.2) is 29.1 Å². The van der Waals surface area contributed by atoms with E-state index in [4.69, 9.17) is 29.9 Å². The Morgan fingerprint density at radius 1 is 0.265 bits per heavy atom. The zero-order valence-electron chi connectivity index (χ0n) is 36.9. The zero-order chi connectivity index (χ0) is 44.9. The van der Waals surface area contributed by atoms with E-state index in [-0.39, 0.29) is 0 Å². The minimum Gasteiger partial charge on any atom is -0.213 e. The van der Waals surface area contributed by atoms with Crippen LogP contribution in [0.25, 0.3) is 112 Å². The van der Waals surface area contributed by atoms with Crippen LogP contribution < -0.4 is 0 Å². The Hall–Kier alpha value is -9.00. The Kier molecular flexibility index (Phi) is 8.31. The van der Waals surface area contributed by atoms with Crippen molar-refractivity contribution in [1.82, 2.24) is 29.9 Å². The second kappa shape index (κ2) is 14.8. The fraction of sp³-hybridized carbons (Fsp3) is 0.0323. The third-order valence-corrected chi connectivity index (χ3v) is 14.1. The molecule has 2 heterocycles. The van der Waals surface area contributed by atoms with Crippen molar-refractivity contribution < 1.29 is 0 Å². The molecule has 2 aromatic heterocycles.